The van der Waals surface area contributed by atoms with Crippen LogP contribution in [0, 0.1) is 5.92 Å². The molecule has 0 radical (unpaired) electrons. The zero-order valence-electron chi connectivity index (χ0n) is 19.4. The lowest BCUT2D eigenvalue weighted by atomic mass is 10.1. The molecule has 0 saturated heterocycles. The Morgan fingerprint density at radius 3 is 2.23 bits per heavy atom. The van der Waals surface area contributed by atoms with Gasteiger partial charge in [-0.1, -0.05) is 18.2 Å². The van der Waals surface area contributed by atoms with Gasteiger partial charge >= 0.3 is 0 Å². The van der Waals surface area contributed by atoms with Crippen LogP contribution >= 0.6 is 0 Å². The second-order valence-electron chi connectivity index (χ2n) is 8.44. The molecule has 3 aromatic carbocycles. The standard InChI is InChI=1S/C26H27N3O5S/c1-17(18-8-10-21(11-9-18)28-25(30)19-6-7-19)27-26(31)20-4-3-5-24(16-20)35(32,33)29-22-12-14-23(34-2)15-13-22/h3-5,8-17,19,29H,6-7H2,1-2H3,(H,27,31)(H,28,30). The molecule has 182 valence electrons. The molecule has 1 fully saturated rings. The van der Waals surface area contributed by atoms with Crippen LogP contribution < -0.4 is 20.1 Å². The van der Waals surface area contributed by atoms with Gasteiger partial charge in [-0.25, -0.2) is 8.42 Å². The molecule has 1 saturated carbocycles. The molecule has 1 aliphatic rings. The Labute approximate surface area is 204 Å². The number of nitrogens with one attached hydrogen (secondary N) is 3. The van der Waals surface area contributed by atoms with Crippen LogP contribution in [0.1, 0.15) is 41.7 Å². The van der Waals surface area contributed by atoms with Gasteiger partial charge in [0.05, 0.1) is 18.0 Å². The summed E-state index contributed by atoms with van der Waals surface area (Å²) in [5, 5.41) is 5.77. The molecule has 35 heavy (non-hydrogen) atoms. The summed E-state index contributed by atoms with van der Waals surface area (Å²) in [5.41, 5.74) is 2.17. The van der Waals surface area contributed by atoms with Crippen molar-refractivity contribution in [2.45, 2.75) is 30.7 Å². The minimum Gasteiger partial charge on any atom is -0.497 e. The van der Waals surface area contributed by atoms with Crippen LogP contribution in [0.2, 0.25) is 0 Å². The van der Waals surface area contributed by atoms with E-state index in [9.17, 15) is 18.0 Å². The van der Waals surface area contributed by atoms with Gasteiger partial charge in [-0.05, 0) is 79.9 Å². The van der Waals surface area contributed by atoms with Gasteiger partial charge in [-0.15, -0.1) is 0 Å². The monoisotopic (exact) mass is 493 g/mol. The topological polar surface area (TPSA) is 114 Å². The van der Waals surface area contributed by atoms with Crippen LogP contribution in [-0.2, 0) is 14.8 Å². The Kier molecular flexibility index (Phi) is 7.07. The summed E-state index contributed by atoms with van der Waals surface area (Å²) in [6.07, 6.45) is 1.88. The first-order chi connectivity index (χ1) is 16.7. The zero-order valence-corrected chi connectivity index (χ0v) is 20.3. The molecule has 1 unspecified atom stereocenters. The smallest absolute Gasteiger partial charge is 0.261 e. The Morgan fingerprint density at radius 2 is 1.60 bits per heavy atom. The summed E-state index contributed by atoms with van der Waals surface area (Å²) in [6, 6.07) is 19.3. The molecule has 9 heteroatoms. The first kappa shape index (κ1) is 24.3. The molecular weight excluding hydrogens is 466 g/mol. The third-order valence-corrected chi connectivity index (χ3v) is 7.10. The number of carbonyl (C=O) groups is 2. The number of carbonyl (C=O) groups excluding carboxylic acids is 2. The van der Waals surface area contributed by atoms with Crippen LogP contribution in [0.5, 0.6) is 5.75 Å². The first-order valence-electron chi connectivity index (χ1n) is 11.2. The van der Waals surface area contributed by atoms with E-state index in [4.69, 9.17) is 4.74 Å². The number of benzene rings is 3. The number of hydrogen-bond acceptors (Lipinski definition) is 5. The molecule has 0 aliphatic heterocycles. The predicted molar refractivity (Wildman–Crippen MR) is 134 cm³/mol. The maximum atomic E-state index is 12.8. The van der Waals surface area contributed by atoms with E-state index in [0.717, 1.165) is 18.4 Å². The number of rotatable bonds is 9. The van der Waals surface area contributed by atoms with Crippen molar-refractivity contribution in [3.63, 3.8) is 0 Å². The Balaban J connectivity index is 1.40. The van der Waals surface area contributed by atoms with E-state index in [1.54, 1.807) is 42.5 Å². The van der Waals surface area contributed by atoms with Gasteiger partial charge in [-0.2, -0.15) is 0 Å². The van der Waals surface area contributed by atoms with Crippen molar-refractivity contribution in [3.05, 3.63) is 83.9 Å². The van der Waals surface area contributed by atoms with Crippen LogP contribution in [-0.4, -0.2) is 27.3 Å². The molecule has 1 atom stereocenters. The summed E-state index contributed by atoms with van der Waals surface area (Å²) < 4.78 is 33.2. The second kappa shape index (κ2) is 10.2. The van der Waals surface area contributed by atoms with Crippen LogP contribution in [0.4, 0.5) is 11.4 Å². The number of methoxy groups -OCH3 is 1. The fourth-order valence-electron chi connectivity index (χ4n) is 3.49. The number of anilines is 2. The summed E-state index contributed by atoms with van der Waals surface area (Å²) >= 11 is 0. The molecule has 1 aliphatic carbocycles. The van der Waals surface area contributed by atoms with Gasteiger partial charge in [0.25, 0.3) is 15.9 Å². The molecular formula is C26H27N3O5S. The van der Waals surface area contributed by atoms with Gasteiger partial charge in [0.15, 0.2) is 0 Å². The third-order valence-electron chi connectivity index (χ3n) is 5.72. The summed E-state index contributed by atoms with van der Waals surface area (Å²) in [7, 11) is -2.36. The predicted octanol–water partition coefficient (Wildman–Crippen LogP) is 4.34. The summed E-state index contributed by atoms with van der Waals surface area (Å²) in [4.78, 5) is 24.7. The van der Waals surface area contributed by atoms with Gasteiger partial charge in [0, 0.05) is 22.9 Å². The highest BCUT2D eigenvalue weighted by atomic mass is 32.2. The minimum absolute atomic E-state index is 0.0237. The SMILES string of the molecule is COc1ccc(NS(=O)(=O)c2cccc(C(=O)NC(C)c3ccc(NC(=O)C4CC4)cc3)c2)cc1. The highest BCUT2D eigenvalue weighted by molar-refractivity contribution is 7.92. The van der Waals surface area contributed by atoms with E-state index in [2.05, 4.69) is 15.4 Å². The van der Waals surface area contributed by atoms with Crippen LogP contribution in [0.15, 0.2) is 77.7 Å². The van der Waals surface area contributed by atoms with E-state index in [1.807, 2.05) is 19.1 Å². The van der Waals surface area contributed by atoms with Gasteiger partial charge < -0.3 is 15.4 Å². The number of ether oxygens (including phenoxy) is 1. The quantitative estimate of drug-likeness (QED) is 0.410. The molecule has 3 N–H and O–H groups in total. The van der Waals surface area contributed by atoms with Crippen molar-refractivity contribution in [1.29, 1.82) is 0 Å². The average Bonchev–Trinajstić information content (AvgIpc) is 3.70. The fraction of sp³-hybridized carbons (Fsp3) is 0.231. The van der Waals surface area contributed by atoms with Gasteiger partial charge in [0.1, 0.15) is 5.75 Å². The second-order valence-corrected chi connectivity index (χ2v) is 10.1. The summed E-state index contributed by atoms with van der Waals surface area (Å²) in [6.45, 7) is 1.83. The first-order valence-corrected chi connectivity index (χ1v) is 12.7. The molecule has 3 aromatic rings. The number of amides is 2. The highest BCUT2D eigenvalue weighted by Gasteiger charge is 2.29. The summed E-state index contributed by atoms with van der Waals surface area (Å²) in [5.74, 6) is 0.373. The van der Waals surface area contributed by atoms with Crippen molar-refractivity contribution in [3.8, 4) is 5.75 Å². The molecule has 0 spiro atoms. The average molecular weight is 494 g/mol. The number of sulfonamides is 1. The van der Waals surface area contributed by atoms with E-state index < -0.39 is 15.9 Å². The van der Waals surface area contributed by atoms with Crippen molar-refractivity contribution in [2.24, 2.45) is 5.92 Å². The van der Waals surface area contributed by atoms with Gasteiger partial charge in [-0.3, -0.25) is 14.3 Å². The lowest BCUT2D eigenvalue weighted by Crippen LogP contribution is -2.27. The highest BCUT2D eigenvalue weighted by Crippen LogP contribution is 2.30. The molecule has 0 bridgehead atoms. The Morgan fingerprint density at radius 1 is 0.943 bits per heavy atom. The third kappa shape index (κ3) is 6.19. The maximum absolute atomic E-state index is 12.8. The van der Waals surface area contributed by atoms with Crippen molar-refractivity contribution < 1.29 is 22.7 Å². The Bertz CT molecular complexity index is 1320. The van der Waals surface area contributed by atoms with E-state index in [0.29, 0.717) is 17.1 Å². The lowest BCUT2D eigenvalue weighted by molar-refractivity contribution is -0.117. The largest absolute Gasteiger partial charge is 0.497 e. The van der Waals surface area contributed by atoms with E-state index in [-0.39, 0.29) is 28.3 Å². The molecule has 4 rings (SSSR count). The van der Waals surface area contributed by atoms with Crippen LogP contribution in [0.3, 0.4) is 0 Å². The Hall–Kier alpha value is -3.85. The van der Waals surface area contributed by atoms with Crippen molar-refractivity contribution >= 4 is 33.2 Å². The maximum Gasteiger partial charge on any atom is 0.261 e. The molecule has 8 nitrogen and oxygen atoms in total. The molecule has 0 aromatic heterocycles. The van der Waals surface area contributed by atoms with E-state index in [1.165, 1.54) is 25.3 Å². The van der Waals surface area contributed by atoms with Crippen molar-refractivity contribution in [2.75, 3.05) is 17.1 Å². The van der Waals surface area contributed by atoms with Gasteiger partial charge in [0.2, 0.25) is 5.91 Å². The lowest BCUT2D eigenvalue weighted by Gasteiger charge is -2.16. The fourth-order valence-corrected chi connectivity index (χ4v) is 4.59. The molecule has 2 amide bonds. The van der Waals surface area contributed by atoms with Crippen molar-refractivity contribution in [1.82, 2.24) is 5.32 Å². The van der Waals surface area contributed by atoms with E-state index >= 15 is 0 Å². The zero-order chi connectivity index (χ0) is 25.0. The normalized spacial score (nSPS) is 14.0. The molecule has 0 heterocycles. The van der Waals surface area contributed by atoms with Crippen LogP contribution in [0.25, 0.3) is 0 Å². The number of hydrogen-bond donors (Lipinski definition) is 3. The minimum atomic E-state index is -3.89.